The zero-order chi connectivity index (χ0) is 18.6. The van der Waals surface area contributed by atoms with Gasteiger partial charge in [0.1, 0.15) is 6.54 Å². The quantitative estimate of drug-likeness (QED) is 0.809. The zero-order valence-electron chi connectivity index (χ0n) is 15.1. The molecule has 2 aromatic carbocycles. The first kappa shape index (κ1) is 19.8. The lowest BCUT2D eigenvalue weighted by atomic mass is 9.87. The Kier molecular flexibility index (Phi) is 6.50. The molecule has 1 atom stereocenters. The lowest BCUT2D eigenvalue weighted by molar-refractivity contribution is -0.885. The third kappa shape index (κ3) is 5.74. The molecule has 0 aliphatic heterocycles. The molecule has 134 valence electrons. The van der Waals surface area contributed by atoms with Crippen molar-refractivity contribution >= 4 is 34.8 Å². The molecule has 3 nitrogen and oxygen atoms in total. The monoisotopic (exact) mass is 379 g/mol. The summed E-state index contributed by atoms with van der Waals surface area (Å²) >= 11 is 12.2. The number of para-hydroxylation sites is 1. The molecule has 0 aliphatic carbocycles. The third-order valence-electron chi connectivity index (χ3n) is 4.02. The van der Waals surface area contributed by atoms with Crippen LogP contribution in [0.1, 0.15) is 31.9 Å². The number of hydrogen-bond acceptors (Lipinski definition) is 1. The number of anilines is 1. The van der Waals surface area contributed by atoms with Gasteiger partial charge < -0.3 is 10.2 Å². The summed E-state index contributed by atoms with van der Waals surface area (Å²) in [5.74, 6) is -0.112. The second-order valence-electron chi connectivity index (χ2n) is 7.40. The van der Waals surface area contributed by atoms with Crippen LogP contribution in [0, 0.1) is 0 Å². The molecule has 2 aromatic rings. The van der Waals surface area contributed by atoms with Crippen molar-refractivity contribution in [3.63, 3.8) is 0 Å². The van der Waals surface area contributed by atoms with E-state index in [0.717, 1.165) is 11.4 Å². The fourth-order valence-corrected chi connectivity index (χ4v) is 3.10. The van der Waals surface area contributed by atoms with Gasteiger partial charge in [0.05, 0.1) is 22.8 Å². The van der Waals surface area contributed by atoms with E-state index in [0.29, 0.717) is 22.3 Å². The third-order valence-corrected chi connectivity index (χ3v) is 4.65. The smallest absolute Gasteiger partial charge is 0.279 e. The van der Waals surface area contributed by atoms with Crippen molar-refractivity contribution in [2.45, 2.75) is 32.7 Å². The minimum Gasteiger partial charge on any atom is -0.326 e. The molecule has 0 radical (unpaired) electrons. The van der Waals surface area contributed by atoms with Gasteiger partial charge in [-0.25, -0.2) is 0 Å². The Bertz CT molecular complexity index is 716. The van der Waals surface area contributed by atoms with Gasteiger partial charge in [-0.05, 0) is 23.1 Å². The fourth-order valence-electron chi connectivity index (χ4n) is 2.61. The summed E-state index contributed by atoms with van der Waals surface area (Å²) in [6.07, 6.45) is 0. The maximum atomic E-state index is 12.3. The molecule has 2 N–H and O–H groups in total. The molecule has 0 saturated carbocycles. The Hall–Kier alpha value is -1.55. The van der Waals surface area contributed by atoms with Gasteiger partial charge in [-0.2, -0.15) is 0 Å². The van der Waals surface area contributed by atoms with Crippen LogP contribution in [0.15, 0.2) is 42.5 Å². The molecule has 0 bridgehead atoms. The van der Waals surface area contributed by atoms with Crippen molar-refractivity contribution in [2.75, 3.05) is 18.9 Å². The maximum absolute atomic E-state index is 12.3. The lowest BCUT2D eigenvalue weighted by Gasteiger charge is -2.20. The van der Waals surface area contributed by atoms with E-state index < -0.39 is 0 Å². The molecule has 0 aromatic heterocycles. The predicted octanol–water partition coefficient (Wildman–Crippen LogP) is 3.94. The summed E-state index contributed by atoms with van der Waals surface area (Å²) in [4.78, 5) is 13.3. The molecule has 0 heterocycles. The fraction of sp³-hybridized carbons (Fsp3) is 0.350. The molecule has 0 saturated heterocycles. The number of likely N-dealkylation sites (N-methyl/N-ethyl adjacent to an activating group) is 1. The summed E-state index contributed by atoms with van der Waals surface area (Å²) in [6, 6.07) is 13.7. The molecule has 1 unspecified atom stereocenters. The number of carbonyl (C=O) groups is 1. The number of rotatable bonds is 5. The van der Waals surface area contributed by atoms with Crippen molar-refractivity contribution in [2.24, 2.45) is 0 Å². The summed E-state index contributed by atoms with van der Waals surface area (Å²) in [7, 11) is 1.99. The largest absolute Gasteiger partial charge is 0.326 e. The van der Waals surface area contributed by atoms with Crippen LogP contribution in [0.4, 0.5) is 5.69 Å². The minimum atomic E-state index is -0.112. The van der Waals surface area contributed by atoms with Gasteiger partial charge in [0.2, 0.25) is 0 Å². The number of hydrogen-bond donors (Lipinski definition) is 2. The highest BCUT2D eigenvalue weighted by molar-refractivity contribution is 6.39. The zero-order valence-corrected chi connectivity index (χ0v) is 16.6. The number of nitrogens with one attached hydrogen (secondary N) is 2. The highest BCUT2D eigenvalue weighted by Crippen LogP contribution is 2.29. The van der Waals surface area contributed by atoms with Crippen LogP contribution >= 0.6 is 23.2 Å². The average molecular weight is 380 g/mol. The SMILES string of the molecule is C[NH+](CC(=O)Nc1c(Cl)cccc1Cl)Cc1ccc(C(C)(C)C)cc1. The van der Waals surface area contributed by atoms with E-state index in [4.69, 9.17) is 23.2 Å². The van der Waals surface area contributed by atoms with Crippen LogP contribution in [0.3, 0.4) is 0 Å². The molecular formula is C20H25Cl2N2O+. The number of amides is 1. The Morgan fingerprint density at radius 2 is 1.60 bits per heavy atom. The molecule has 0 aliphatic rings. The molecule has 25 heavy (non-hydrogen) atoms. The summed E-state index contributed by atoms with van der Waals surface area (Å²) in [5, 5.41) is 3.68. The number of quaternary nitrogens is 1. The second-order valence-corrected chi connectivity index (χ2v) is 8.22. The first-order chi connectivity index (χ1) is 11.7. The van der Waals surface area contributed by atoms with Crippen molar-refractivity contribution in [3.05, 3.63) is 63.6 Å². The van der Waals surface area contributed by atoms with Crippen LogP contribution in [-0.4, -0.2) is 19.5 Å². The van der Waals surface area contributed by atoms with E-state index in [1.165, 1.54) is 11.1 Å². The van der Waals surface area contributed by atoms with E-state index >= 15 is 0 Å². The van der Waals surface area contributed by atoms with E-state index in [2.05, 4.69) is 50.4 Å². The summed E-state index contributed by atoms with van der Waals surface area (Å²) < 4.78 is 0. The molecule has 0 fully saturated rings. The van der Waals surface area contributed by atoms with Crippen LogP contribution in [-0.2, 0) is 16.8 Å². The number of benzene rings is 2. The van der Waals surface area contributed by atoms with Gasteiger partial charge in [0.25, 0.3) is 5.91 Å². The molecule has 2 rings (SSSR count). The van der Waals surface area contributed by atoms with Gasteiger partial charge in [0.15, 0.2) is 6.54 Å². The Morgan fingerprint density at radius 1 is 1.04 bits per heavy atom. The predicted molar refractivity (Wildman–Crippen MR) is 106 cm³/mol. The van der Waals surface area contributed by atoms with Gasteiger partial charge in [-0.3, -0.25) is 4.79 Å². The van der Waals surface area contributed by atoms with Crippen molar-refractivity contribution in [1.29, 1.82) is 0 Å². The van der Waals surface area contributed by atoms with Crippen LogP contribution in [0.2, 0.25) is 10.0 Å². The van der Waals surface area contributed by atoms with E-state index in [1.807, 2.05) is 7.05 Å². The maximum Gasteiger partial charge on any atom is 0.279 e. The molecular weight excluding hydrogens is 355 g/mol. The highest BCUT2D eigenvalue weighted by Gasteiger charge is 2.16. The summed E-state index contributed by atoms with van der Waals surface area (Å²) in [6.45, 7) is 7.70. The van der Waals surface area contributed by atoms with E-state index in [1.54, 1.807) is 18.2 Å². The standard InChI is InChI=1S/C20H24Cl2N2O/c1-20(2,3)15-10-8-14(9-11-15)12-24(4)13-18(25)23-19-16(21)6-5-7-17(19)22/h5-11H,12-13H2,1-4H3,(H,23,25)/p+1. The molecule has 1 amide bonds. The summed E-state index contributed by atoms with van der Waals surface area (Å²) in [5.41, 5.74) is 3.12. The van der Waals surface area contributed by atoms with Gasteiger partial charge in [0, 0.05) is 5.56 Å². The number of halogens is 2. The Balaban J connectivity index is 1.93. The first-order valence-electron chi connectivity index (χ1n) is 8.31. The van der Waals surface area contributed by atoms with Crippen molar-refractivity contribution in [1.82, 2.24) is 0 Å². The number of carbonyl (C=O) groups excluding carboxylic acids is 1. The van der Waals surface area contributed by atoms with Crippen molar-refractivity contribution in [3.8, 4) is 0 Å². The topological polar surface area (TPSA) is 33.5 Å². The van der Waals surface area contributed by atoms with E-state index in [9.17, 15) is 4.79 Å². The Morgan fingerprint density at radius 3 is 2.12 bits per heavy atom. The van der Waals surface area contributed by atoms with Gasteiger partial charge in [-0.15, -0.1) is 0 Å². The van der Waals surface area contributed by atoms with Crippen LogP contribution in [0.5, 0.6) is 0 Å². The molecule has 0 spiro atoms. The van der Waals surface area contributed by atoms with Gasteiger partial charge in [-0.1, -0.05) is 74.3 Å². The Labute approximate surface area is 159 Å². The highest BCUT2D eigenvalue weighted by atomic mass is 35.5. The lowest BCUT2D eigenvalue weighted by Crippen LogP contribution is -3.08. The molecule has 5 heteroatoms. The minimum absolute atomic E-state index is 0.112. The van der Waals surface area contributed by atoms with Crippen LogP contribution in [0.25, 0.3) is 0 Å². The second kappa shape index (κ2) is 8.22. The first-order valence-corrected chi connectivity index (χ1v) is 9.07. The average Bonchev–Trinajstić information content (AvgIpc) is 2.50. The van der Waals surface area contributed by atoms with E-state index in [-0.39, 0.29) is 11.3 Å². The van der Waals surface area contributed by atoms with Crippen LogP contribution < -0.4 is 10.2 Å². The van der Waals surface area contributed by atoms with Crippen molar-refractivity contribution < 1.29 is 9.69 Å². The normalized spacial score (nSPS) is 12.7. The van der Waals surface area contributed by atoms with Gasteiger partial charge >= 0.3 is 0 Å².